The van der Waals surface area contributed by atoms with E-state index in [1.165, 1.54) is 64.7 Å². The van der Waals surface area contributed by atoms with Crippen LogP contribution in [0, 0.1) is 5.92 Å². The molecule has 1 saturated carbocycles. The van der Waals surface area contributed by atoms with E-state index >= 15 is 0 Å². The quantitative estimate of drug-likeness (QED) is 0.635. The van der Waals surface area contributed by atoms with E-state index in [2.05, 4.69) is 12.2 Å². The summed E-state index contributed by atoms with van der Waals surface area (Å²) >= 11 is 0. The van der Waals surface area contributed by atoms with Gasteiger partial charge in [0.25, 0.3) is 0 Å². The Morgan fingerprint density at radius 2 is 1.83 bits per heavy atom. The third-order valence-electron chi connectivity index (χ3n) is 4.90. The fraction of sp³-hybridized carbons (Fsp3) is 1.00. The van der Waals surface area contributed by atoms with Crippen LogP contribution >= 0.6 is 0 Å². The first-order valence-corrected chi connectivity index (χ1v) is 8.13. The second-order valence-electron chi connectivity index (χ2n) is 6.18. The molecule has 1 heterocycles. The highest BCUT2D eigenvalue weighted by atomic mass is 16.5. The molecule has 0 aromatic heterocycles. The van der Waals surface area contributed by atoms with Crippen LogP contribution in [0.2, 0.25) is 0 Å². The standard InChI is InChI=1S/C15H30N2O/c1-2-14-4-6-15(7-5-14)16-8-3-9-17-10-12-18-13-11-17/h14-16H,2-13H2,1H3/p+2. The lowest BCUT2D eigenvalue weighted by Crippen LogP contribution is -3.14. The van der Waals surface area contributed by atoms with Crippen LogP contribution in [0.5, 0.6) is 0 Å². The first-order chi connectivity index (χ1) is 8.88. The predicted octanol–water partition coefficient (Wildman–Crippen LogP) is -0.176. The van der Waals surface area contributed by atoms with Crippen molar-refractivity contribution in [3.8, 4) is 0 Å². The van der Waals surface area contributed by atoms with Gasteiger partial charge in [0, 0.05) is 6.42 Å². The minimum Gasteiger partial charge on any atom is -0.370 e. The van der Waals surface area contributed by atoms with Crippen LogP contribution in [0.3, 0.4) is 0 Å². The minimum atomic E-state index is 0.937. The van der Waals surface area contributed by atoms with Crippen molar-refractivity contribution in [1.82, 2.24) is 0 Å². The van der Waals surface area contributed by atoms with Crippen molar-refractivity contribution in [3.05, 3.63) is 0 Å². The molecular formula is C15H32N2O+2. The van der Waals surface area contributed by atoms with Gasteiger partial charge in [-0.15, -0.1) is 0 Å². The van der Waals surface area contributed by atoms with E-state index in [4.69, 9.17) is 4.74 Å². The number of hydrogen-bond donors (Lipinski definition) is 2. The molecule has 0 atom stereocenters. The second-order valence-corrected chi connectivity index (χ2v) is 6.18. The van der Waals surface area contributed by atoms with Gasteiger partial charge in [-0.1, -0.05) is 13.3 Å². The highest BCUT2D eigenvalue weighted by molar-refractivity contribution is 4.69. The van der Waals surface area contributed by atoms with Crippen LogP contribution < -0.4 is 10.2 Å². The number of ether oxygens (including phenoxy) is 1. The molecule has 18 heavy (non-hydrogen) atoms. The van der Waals surface area contributed by atoms with Crippen molar-refractivity contribution in [2.24, 2.45) is 5.92 Å². The summed E-state index contributed by atoms with van der Waals surface area (Å²) in [6.07, 6.45) is 8.65. The molecule has 2 rings (SSSR count). The SMILES string of the molecule is CCC1CCC([NH2+]CCC[NH+]2CCOCC2)CC1. The maximum Gasteiger partial charge on any atom is 0.101 e. The average Bonchev–Trinajstić information content (AvgIpc) is 2.45. The molecule has 3 heteroatoms. The molecule has 3 N–H and O–H groups in total. The van der Waals surface area contributed by atoms with E-state index in [0.717, 1.165) is 25.2 Å². The lowest BCUT2D eigenvalue weighted by atomic mass is 9.84. The van der Waals surface area contributed by atoms with Crippen molar-refractivity contribution in [2.75, 3.05) is 39.4 Å². The summed E-state index contributed by atoms with van der Waals surface area (Å²) in [6, 6.07) is 0.937. The molecular weight excluding hydrogens is 224 g/mol. The van der Waals surface area contributed by atoms with Crippen molar-refractivity contribution >= 4 is 0 Å². The number of nitrogens with two attached hydrogens (primary N) is 1. The molecule has 1 aliphatic heterocycles. The molecule has 0 spiro atoms. The van der Waals surface area contributed by atoms with E-state index < -0.39 is 0 Å². The molecule has 2 fully saturated rings. The van der Waals surface area contributed by atoms with Crippen molar-refractivity contribution < 1.29 is 15.0 Å². The van der Waals surface area contributed by atoms with Gasteiger partial charge in [0.1, 0.15) is 13.1 Å². The Labute approximate surface area is 112 Å². The molecule has 1 aliphatic carbocycles. The van der Waals surface area contributed by atoms with Crippen LogP contribution in [-0.4, -0.2) is 45.4 Å². The van der Waals surface area contributed by atoms with Crippen molar-refractivity contribution in [2.45, 2.75) is 51.5 Å². The topological polar surface area (TPSA) is 30.3 Å². The zero-order valence-corrected chi connectivity index (χ0v) is 12.1. The van der Waals surface area contributed by atoms with E-state index in [9.17, 15) is 0 Å². The number of morpholine rings is 1. The van der Waals surface area contributed by atoms with Crippen molar-refractivity contribution in [1.29, 1.82) is 0 Å². The van der Waals surface area contributed by atoms with Crippen LogP contribution in [0.1, 0.15) is 45.4 Å². The molecule has 0 amide bonds. The smallest absolute Gasteiger partial charge is 0.101 e. The van der Waals surface area contributed by atoms with Crippen LogP contribution in [0.25, 0.3) is 0 Å². The predicted molar refractivity (Wildman–Crippen MR) is 73.8 cm³/mol. The zero-order valence-electron chi connectivity index (χ0n) is 12.1. The summed E-state index contributed by atoms with van der Waals surface area (Å²) in [5.41, 5.74) is 0. The van der Waals surface area contributed by atoms with Gasteiger partial charge in [0.05, 0.1) is 32.3 Å². The fourth-order valence-corrected chi connectivity index (χ4v) is 3.45. The van der Waals surface area contributed by atoms with Crippen molar-refractivity contribution in [3.63, 3.8) is 0 Å². The highest BCUT2D eigenvalue weighted by Crippen LogP contribution is 2.24. The van der Waals surface area contributed by atoms with E-state index in [0.29, 0.717) is 0 Å². The molecule has 1 saturated heterocycles. The largest absolute Gasteiger partial charge is 0.370 e. The van der Waals surface area contributed by atoms with Gasteiger partial charge >= 0.3 is 0 Å². The first kappa shape index (κ1) is 14.3. The number of rotatable bonds is 6. The van der Waals surface area contributed by atoms with Gasteiger partial charge < -0.3 is 15.0 Å². The second kappa shape index (κ2) is 8.13. The Hall–Kier alpha value is -0.120. The third-order valence-corrected chi connectivity index (χ3v) is 4.90. The molecule has 2 aliphatic rings. The Balaban J connectivity index is 1.48. The summed E-state index contributed by atoms with van der Waals surface area (Å²) in [6.45, 7) is 9.43. The van der Waals surface area contributed by atoms with Gasteiger partial charge in [-0.3, -0.25) is 0 Å². The summed E-state index contributed by atoms with van der Waals surface area (Å²) in [7, 11) is 0. The minimum absolute atomic E-state index is 0.937. The Bertz CT molecular complexity index is 209. The maximum absolute atomic E-state index is 5.39. The van der Waals surface area contributed by atoms with Crippen LogP contribution in [-0.2, 0) is 4.74 Å². The van der Waals surface area contributed by atoms with Crippen LogP contribution in [0.4, 0.5) is 0 Å². The molecule has 0 aromatic rings. The molecule has 3 nitrogen and oxygen atoms in total. The number of nitrogens with one attached hydrogen (secondary N) is 1. The van der Waals surface area contributed by atoms with E-state index in [1.54, 1.807) is 4.90 Å². The summed E-state index contributed by atoms with van der Waals surface area (Å²) in [5.74, 6) is 1.03. The Kier molecular flexibility index (Phi) is 6.46. The summed E-state index contributed by atoms with van der Waals surface area (Å²) in [5, 5.41) is 2.63. The maximum atomic E-state index is 5.39. The normalized spacial score (nSPS) is 30.5. The van der Waals surface area contributed by atoms with Gasteiger partial charge in [-0.2, -0.15) is 0 Å². The zero-order chi connectivity index (χ0) is 12.6. The molecule has 0 bridgehead atoms. The number of quaternary nitrogens is 2. The molecule has 0 unspecified atom stereocenters. The molecule has 0 aromatic carbocycles. The summed E-state index contributed by atoms with van der Waals surface area (Å²) in [4.78, 5) is 1.75. The lowest BCUT2D eigenvalue weighted by molar-refractivity contribution is -0.909. The average molecular weight is 256 g/mol. The highest BCUT2D eigenvalue weighted by Gasteiger charge is 2.22. The van der Waals surface area contributed by atoms with Gasteiger partial charge in [0.15, 0.2) is 0 Å². The van der Waals surface area contributed by atoms with E-state index in [-0.39, 0.29) is 0 Å². The van der Waals surface area contributed by atoms with E-state index in [1.807, 2.05) is 0 Å². The number of hydrogen-bond acceptors (Lipinski definition) is 1. The lowest BCUT2D eigenvalue weighted by Gasteiger charge is -2.27. The van der Waals surface area contributed by atoms with Crippen LogP contribution in [0.15, 0.2) is 0 Å². The van der Waals surface area contributed by atoms with Gasteiger partial charge in [-0.05, 0) is 31.6 Å². The fourth-order valence-electron chi connectivity index (χ4n) is 3.45. The summed E-state index contributed by atoms with van der Waals surface area (Å²) < 4.78 is 5.39. The van der Waals surface area contributed by atoms with Gasteiger partial charge in [-0.25, -0.2) is 0 Å². The van der Waals surface area contributed by atoms with Gasteiger partial charge in [0.2, 0.25) is 0 Å². The Morgan fingerprint density at radius 1 is 1.11 bits per heavy atom. The monoisotopic (exact) mass is 256 g/mol. The molecule has 0 radical (unpaired) electrons. The molecule has 106 valence electrons. The third kappa shape index (κ3) is 4.87. The first-order valence-electron chi connectivity index (χ1n) is 8.13. The Morgan fingerprint density at radius 3 is 2.50 bits per heavy atom.